The van der Waals surface area contributed by atoms with Crippen molar-refractivity contribution in [2.24, 2.45) is 5.92 Å². The number of likely N-dealkylation sites (tertiary alicyclic amines) is 1. The second kappa shape index (κ2) is 9.02. The van der Waals surface area contributed by atoms with Crippen LogP contribution >= 0.6 is 0 Å². The molecule has 2 aromatic heterocycles. The highest BCUT2D eigenvalue weighted by molar-refractivity contribution is 5.80. The number of H-pyrrole nitrogens is 1. The summed E-state index contributed by atoms with van der Waals surface area (Å²) in [4.78, 5) is 18.9. The summed E-state index contributed by atoms with van der Waals surface area (Å²) in [5, 5.41) is 14.0. The van der Waals surface area contributed by atoms with Crippen LogP contribution in [0.4, 0.5) is 0 Å². The van der Waals surface area contributed by atoms with Crippen LogP contribution in [-0.4, -0.2) is 50.3 Å². The Morgan fingerprint density at radius 3 is 2.75 bits per heavy atom. The van der Waals surface area contributed by atoms with Crippen molar-refractivity contribution in [1.29, 1.82) is 0 Å². The Morgan fingerprint density at radius 2 is 1.97 bits per heavy atom. The number of piperidine rings is 1. The molecule has 3 heterocycles. The molecule has 8 heteroatoms. The molecule has 1 aromatic carbocycles. The first-order valence-corrected chi connectivity index (χ1v) is 11.9. The first-order chi connectivity index (χ1) is 15.6. The monoisotopic (exact) mass is 436 g/mol. The minimum absolute atomic E-state index is 0.0906. The highest BCUT2D eigenvalue weighted by Gasteiger charge is 2.34. The van der Waals surface area contributed by atoms with Crippen molar-refractivity contribution in [2.75, 3.05) is 20.2 Å². The average molecular weight is 437 g/mol. The van der Waals surface area contributed by atoms with Crippen LogP contribution in [0, 0.1) is 5.92 Å². The van der Waals surface area contributed by atoms with Gasteiger partial charge in [0.1, 0.15) is 11.8 Å². The van der Waals surface area contributed by atoms with Gasteiger partial charge < -0.3 is 9.72 Å². The summed E-state index contributed by atoms with van der Waals surface area (Å²) in [6.45, 7) is 4.15. The number of methoxy groups -OCH3 is 1. The molecule has 1 saturated carbocycles. The minimum Gasteiger partial charge on any atom is -0.497 e. The molecule has 1 saturated heterocycles. The van der Waals surface area contributed by atoms with Crippen molar-refractivity contribution in [1.82, 2.24) is 30.1 Å². The summed E-state index contributed by atoms with van der Waals surface area (Å²) < 4.78 is 7.34. The van der Waals surface area contributed by atoms with Crippen LogP contribution in [0.25, 0.3) is 10.9 Å². The molecule has 32 heavy (non-hydrogen) atoms. The van der Waals surface area contributed by atoms with Gasteiger partial charge in [0.05, 0.1) is 18.7 Å². The number of rotatable bonds is 5. The Bertz CT molecular complexity index is 1130. The van der Waals surface area contributed by atoms with Gasteiger partial charge in [-0.2, -0.15) is 0 Å². The predicted octanol–water partition coefficient (Wildman–Crippen LogP) is 3.85. The summed E-state index contributed by atoms with van der Waals surface area (Å²) in [5.41, 5.74) is 1.39. The van der Waals surface area contributed by atoms with Crippen LogP contribution in [0.3, 0.4) is 0 Å². The number of aromatic nitrogens is 5. The van der Waals surface area contributed by atoms with E-state index < -0.39 is 0 Å². The van der Waals surface area contributed by atoms with E-state index in [1.54, 1.807) is 7.11 Å². The van der Waals surface area contributed by atoms with E-state index in [4.69, 9.17) is 4.74 Å². The van der Waals surface area contributed by atoms with Crippen molar-refractivity contribution < 1.29 is 4.74 Å². The molecule has 170 valence electrons. The quantitative estimate of drug-likeness (QED) is 0.654. The summed E-state index contributed by atoms with van der Waals surface area (Å²) in [7, 11) is 1.63. The van der Waals surface area contributed by atoms with Crippen molar-refractivity contribution in [3.05, 3.63) is 46.0 Å². The number of hydrogen-bond donors (Lipinski definition) is 1. The van der Waals surface area contributed by atoms with Gasteiger partial charge >= 0.3 is 0 Å². The molecule has 0 amide bonds. The SMILES string of the molecule is COc1ccc2cc([C@@H](c3nnnn3C3CCCCC3)N3CCC[C@@H](C)C3)c(=O)[nH]c2c1. The molecule has 2 atom stereocenters. The summed E-state index contributed by atoms with van der Waals surface area (Å²) >= 11 is 0. The Hall–Kier alpha value is -2.74. The fourth-order valence-electron chi connectivity index (χ4n) is 5.45. The number of aromatic amines is 1. The molecule has 2 aliphatic rings. The van der Waals surface area contributed by atoms with E-state index in [2.05, 4.69) is 32.3 Å². The van der Waals surface area contributed by atoms with Gasteiger partial charge in [-0.3, -0.25) is 9.69 Å². The number of hydrogen-bond acceptors (Lipinski definition) is 6. The van der Waals surface area contributed by atoms with Gasteiger partial charge in [0.15, 0.2) is 5.82 Å². The molecule has 0 spiro atoms. The number of nitrogens with one attached hydrogen (secondary N) is 1. The molecule has 0 unspecified atom stereocenters. The van der Waals surface area contributed by atoms with Crippen LogP contribution in [0.5, 0.6) is 5.75 Å². The molecule has 3 aromatic rings. The molecule has 5 rings (SSSR count). The van der Waals surface area contributed by atoms with E-state index in [-0.39, 0.29) is 11.6 Å². The predicted molar refractivity (Wildman–Crippen MR) is 123 cm³/mol. The zero-order valence-electron chi connectivity index (χ0n) is 19.0. The van der Waals surface area contributed by atoms with Crippen molar-refractivity contribution >= 4 is 10.9 Å². The number of tetrazole rings is 1. The zero-order chi connectivity index (χ0) is 22.1. The van der Waals surface area contributed by atoms with Gasteiger partial charge in [0.2, 0.25) is 0 Å². The molecule has 2 fully saturated rings. The first kappa shape index (κ1) is 21.1. The van der Waals surface area contributed by atoms with Crippen molar-refractivity contribution in [3.63, 3.8) is 0 Å². The van der Waals surface area contributed by atoms with E-state index in [0.717, 1.165) is 54.8 Å². The van der Waals surface area contributed by atoms with Gasteiger partial charge in [-0.05, 0) is 72.2 Å². The lowest BCUT2D eigenvalue weighted by atomic mass is 9.93. The molecule has 0 radical (unpaired) electrons. The third kappa shape index (κ3) is 4.03. The first-order valence-electron chi connectivity index (χ1n) is 11.9. The van der Waals surface area contributed by atoms with Gasteiger partial charge in [0.25, 0.3) is 5.56 Å². The van der Waals surface area contributed by atoms with E-state index in [9.17, 15) is 4.79 Å². The fourth-order valence-corrected chi connectivity index (χ4v) is 5.45. The highest BCUT2D eigenvalue weighted by Crippen LogP contribution is 2.35. The van der Waals surface area contributed by atoms with Crippen LogP contribution in [-0.2, 0) is 0 Å². The third-order valence-corrected chi connectivity index (χ3v) is 7.11. The Labute approximate surface area is 188 Å². The summed E-state index contributed by atoms with van der Waals surface area (Å²) in [6, 6.07) is 7.84. The Kier molecular flexibility index (Phi) is 5.95. The normalized spacial score (nSPS) is 21.6. The number of nitrogens with zero attached hydrogens (tertiary/aromatic N) is 5. The number of fused-ring (bicyclic) bond motifs is 1. The molecular formula is C24H32N6O2. The minimum atomic E-state index is -0.259. The lowest BCUT2D eigenvalue weighted by Gasteiger charge is -2.37. The van der Waals surface area contributed by atoms with E-state index in [1.165, 1.54) is 25.7 Å². The second-order valence-corrected chi connectivity index (χ2v) is 9.43. The van der Waals surface area contributed by atoms with Crippen molar-refractivity contribution in [2.45, 2.75) is 64.0 Å². The van der Waals surface area contributed by atoms with Gasteiger partial charge in [-0.15, -0.1) is 5.10 Å². The number of ether oxygens (including phenoxy) is 1. The summed E-state index contributed by atoms with van der Waals surface area (Å²) in [5.74, 6) is 2.10. The van der Waals surface area contributed by atoms with Gasteiger partial charge in [-0.1, -0.05) is 26.2 Å². The van der Waals surface area contributed by atoms with E-state index in [0.29, 0.717) is 17.5 Å². The molecule has 0 bridgehead atoms. The average Bonchev–Trinajstić information content (AvgIpc) is 3.29. The number of pyridine rings is 1. The Morgan fingerprint density at radius 1 is 1.12 bits per heavy atom. The number of benzene rings is 1. The van der Waals surface area contributed by atoms with Gasteiger partial charge in [0, 0.05) is 18.2 Å². The van der Waals surface area contributed by atoms with Gasteiger partial charge in [-0.25, -0.2) is 4.68 Å². The van der Waals surface area contributed by atoms with Crippen LogP contribution in [0.1, 0.15) is 75.3 Å². The maximum atomic E-state index is 13.4. The molecule has 1 aliphatic heterocycles. The second-order valence-electron chi connectivity index (χ2n) is 9.43. The van der Waals surface area contributed by atoms with Crippen LogP contribution in [0.15, 0.2) is 29.1 Å². The lowest BCUT2D eigenvalue weighted by molar-refractivity contribution is 0.138. The smallest absolute Gasteiger partial charge is 0.253 e. The maximum Gasteiger partial charge on any atom is 0.253 e. The fraction of sp³-hybridized carbons (Fsp3) is 0.583. The largest absolute Gasteiger partial charge is 0.497 e. The van der Waals surface area contributed by atoms with Crippen molar-refractivity contribution in [3.8, 4) is 5.75 Å². The highest BCUT2D eigenvalue weighted by atomic mass is 16.5. The standard InChI is InChI=1S/C24H32N6O2/c1-16-7-6-12-29(15-16)22(23-26-27-28-30(23)18-8-4-3-5-9-18)20-13-17-10-11-19(32-2)14-21(17)25-24(20)31/h10-11,13-14,16,18,22H,3-9,12,15H2,1-2H3,(H,25,31)/t16-,22+/m1/s1. The topological polar surface area (TPSA) is 88.9 Å². The zero-order valence-corrected chi connectivity index (χ0v) is 19.0. The molecule has 1 N–H and O–H groups in total. The third-order valence-electron chi connectivity index (χ3n) is 7.11. The lowest BCUT2D eigenvalue weighted by Crippen LogP contribution is -2.41. The maximum absolute atomic E-state index is 13.4. The molecule has 1 aliphatic carbocycles. The van der Waals surface area contributed by atoms with E-state index in [1.807, 2.05) is 28.9 Å². The summed E-state index contributed by atoms with van der Waals surface area (Å²) in [6.07, 6.45) is 8.19. The Balaban J connectivity index is 1.62. The van der Waals surface area contributed by atoms with E-state index >= 15 is 0 Å². The molecule has 8 nitrogen and oxygen atoms in total. The van der Waals surface area contributed by atoms with Crippen LogP contribution in [0.2, 0.25) is 0 Å². The van der Waals surface area contributed by atoms with Crippen LogP contribution < -0.4 is 10.3 Å². The molecular weight excluding hydrogens is 404 g/mol.